The molecule has 1 N–H and O–H groups in total. The molecule has 2 atom stereocenters. The molecule has 3 nitrogen and oxygen atoms in total. The zero-order valence-electron chi connectivity index (χ0n) is 9.95. The van der Waals surface area contributed by atoms with Gasteiger partial charge in [-0.05, 0) is 37.1 Å². The van der Waals surface area contributed by atoms with Crippen LogP contribution < -0.4 is 9.47 Å². The van der Waals surface area contributed by atoms with E-state index in [1.807, 2.05) is 26.0 Å². The molecule has 4 heteroatoms. The van der Waals surface area contributed by atoms with Crippen molar-refractivity contribution in [2.45, 2.75) is 24.8 Å². The van der Waals surface area contributed by atoms with E-state index in [-0.39, 0.29) is 4.83 Å². The van der Waals surface area contributed by atoms with E-state index in [9.17, 15) is 5.11 Å². The van der Waals surface area contributed by atoms with Crippen LogP contribution in [0.3, 0.4) is 0 Å². The summed E-state index contributed by atoms with van der Waals surface area (Å²) in [5.74, 6) is 1.31. The molecular weight excluding hydrogens is 272 g/mol. The third kappa shape index (κ3) is 2.68. The number of alkyl halides is 1. The van der Waals surface area contributed by atoms with Gasteiger partial charge in [-0.15, -0.1) is 0 Å². The number of methoxy groups -OCH3 is 2. The van der Waals surface area contributed by atoms with Gasteiger partial charge in [0.15, 0.2) is 11.5 Å². The van der Waals surface area contributed by atoms with E-state index < -0.39 is 6.10 Å². The number of ether oxygens (including phenoxy) is 2. The minimum Gasteiger partial charge on any atom is -0.493 e. The number of benzene rings is 1. The number of hydrogen-bond donors (Lipinski definition) is 1. The summed E-state index contributed by atoms with van der Waals surface area (Å²) < 4.78 is 10.4. The zero-order chi connectivity index (χ0) is 12.3. The summed E-state index contributed by atoms with van der Waals surface area (Å²) in [6.45, 7) is 3.84. The number of halogens is 1. The zero-order valence-corrected chi connectivity index (χ0v) is 11.5. The Balaban J connectivity index is 3.21. The summed E-state index contributed by atoms with van der Waals surface area (Å²) in [6, 6.07) is 3.68. The predicted molar refractivity (Wildman–Crippen MR) is 67.6 cm³/mol. The van der Waals surface area contributed by atoms with Crippen LogP contribution in [0.5, 0.6) is 11.5 Å². The second kappa shape index (κ2) is 5.55. The molecule has 0 aliphatic rings. The van der Waals surface area contributed by atoms with Crippen molar-refractivity contribution in [2.24, 2.45) is 0 Å². The lowest BCUT2D eigenvalue weighted by molar-refractivity contribution is 0.180. The van der Waals surface area contributed by atoms with Crippen LogP contribution in [0.2, 0.25) is 0 Å². The molecule has 0 fully saturated rings. The topological polar surface area (TPSA) is 38.7 Å². The summed E-state index contributed by atoms with van der Waals surface area (Å²) in [5.41, 5.74) is 1.83. The Kier molecular flexibility index (Phi) is 4.62. The van der Waals surface area contributed by atoms with Gasteiger partial charge in [0.2, 0.25) is 0 Å². The Bertz CT molecular complexity index is 364. The van der Waals surface area contributed by atoms with E-state index in [1.165, 1.54) is 0 Å². The molecule has 16 heavy (non-hydrogen) atoms. The minimum atomic E-state index is -0.556. The van der Waals surface area contributed by atoms with Gasteiger partial charge in [0.05, 0.1) is 20.3 Å². The van der Waals surface area contributed by atoms with E-state index in [4.69, 9.17) is 9.47 Å². The molecule has 0 spiro atoms. The first-order chi connectivity index (χ1) is 7.51. The molecule has 0 saturated carbocycles. The van der Waals surface area contributed by atoms with Crippen molar-refractivity contribution in [1.82, 2.24) is 0 Å². The largest absolute Gasteiger partial charge is 0.493 e. The van der Waals surface area contributed by atoms with Crippen LogP contribution in [0, 0.1) is 6.92 Å². The van der Waals surface area contributed by atoms with E-state index in [1.54, 1.807) is 14.2 Å². The van der Waals surface area contributed by atoms with Crippen molar-refractivity contribution in [2.75, 3.05) is 14.2 Å². The van der Waals surface area contributed by atoms with Crippen LogP contribution in [0.4, 0.5) is 0 Å². The van der Waals surface area contributed by atoms with Crippen molar-refractivity contribution in [3.05, 3.63) is 23.3 Å². The summed E-state index contributed by atoms with van der Waals surface area (Å²) in [5, 5.41) is 10.0. The highest BCUT2D eigenvalue weighted by atomic mass is 79.9. The predicted octanol–water partition coefficient (Wildman–Crippen LogP) is 2.83. The minimum absolute atomic E-state index is 0.00991. The molecular formula is C12H17BrO3. The van der Waals surface area contributed by atoms with Gasteiger partial charge in [0, 0.05) is 4.83 Å². The molecule has 90 valence electrons. The molecule has 1 aromatic carbocycles. The van der Waals surface area contributed by atoms with Crippen LogP contribution in [0.1, 0.15) is 24.2 Å². The molecule has 0 aromatic heterocycles. The number of aryl methyl sites for hydroxylation is 1. The molecule has 0 amide bonds. The lowest BCUT2D eigenvalue weighted by atomic mass is 10.0. The van der Waals surface area contributed by atoms with Crippen molar-refractivity contribution in [3.8, 4) is 11.5 Å². The summed E-state index contributed by atoms with van der Waals surface area (Å²) in [6.07, 6.45) is -0.556. The normalized spacial score (nSPS) is 14.4. The highest BCUT2D eigenvalue weighted by Crippen LogP contribution is 2.34. The average Bonchev–Trinajstić information content (AvgIpc) is 2.27. The van der Waals surface area contributed by atoms with Gasteiger partial charge in [0.1, 0.15) is 0 Å². The van der Waals surface area contributed by atoms with E-state index in [0.29, 0.717) is 11.5 Å². The van der Waals surface area contributed by atoms with Gasteiger partial charge < -0.3 is 14.6 Å². The first-order valence-electron chi connectivity index (χ1n) is 5.06. The van der Waals surface area contributed by atoms with Crippen LogP contribution in [-0.4, -0.2) is 24.2 Å². The highest BCUT2D eigenvalue weighted by Gasteiger charge is 2.18. The monoisotopic (exact) mass is 288 g/mol. The van der Waals surface area contributed by atoms with E-state index in [2.05, 4.69) is 15.9 Å². The fourth-order valence-corrected chi connectivity index (χ4v) is 1.85. The molecule has 0 heterocycles. The molecule has 0 saturated heterocycles. The van der Waals surface area contributed by atoms with Gasteiger partial charge in [-0.2, -0.15) is 0 Å². The third-order valence-electron chi connectivity index (χ3n) is 2.53. The molecule has 0 aliphatic carbocycles. The lowest BCUT2D eigenvalue weighted by Gasteiger charge is -2.18. The van der Waals surface area contributed by atoms with Crippen LogP contribution >= 0.6 is 15.9 Å². The molecule has 1 rings (SSSR count). The summed E-state index contributed by atoms with van der Waals surface area (Å²) in [7, 11) is 3.18. The average molecular weight is 289 g/mol. The Hall–Kier alpha value is -0.740. The van der Waals surface area contributed by atoms with Gasteiger partial charge in [-0.25, -0.2) is 0 Å². The number of aliphatic hydroxyl groups excluding tert-OH is 1. The molecule has 2 unspecified atom stereocenters. The van der Waals surface area contributed by atoms with Crippen LogP contribution in [-0.2, 0) is 0 Å². The van der Waals surface area contributed by atoms with Crippen molar-refractivity contribution in [1.29, 1.82) is 0 Å². The van der Waals surface area contributed by atoms with E-state index >= 15 is 0 Å². The van der Waals surface area contributed by atoms with Crippen molar-refractivity contribution >= 4 is 15.9 Å². The Morgan fingerprint density at radius 2 is 1.69 bits per heavy atom. The Labute approximate surface area is 105 Å². The van der Waals surface area contributed by atoms with Gasteiger partial charge >= 0.3 is 0 Å². The van der Waals surface area contributed by atoms with Gasteiger partial charge in [0.25, 0.3) is 0 Å². The fourth-order valence-electron chi connectivity index (χ4n) is 1.56. The molecule has 0 aliphatic heterocycles. The number of aliphatic hydroxyl groups is 1. The standard InChI is InChI=1S/C12H17BrO3/c1-7-5-10(15-3)11(16-4)6-9(7)12(14)8(2)13/h5-6,8,12,14H,1-4H3. The fraction of sp³-hybridized carbons (Fsp3) is 0.500. The number of hydrogen-bond acceptors (Lipinski definition) is 3. The first-order valence-corrected chi connectivity index (χ1v) is 5.97. The number of rotatable bonds is 4. The quantitative estimate of drug-likeness (QED) is 0.866. The van der Waals surface area contributed by atoms with Crippen LogP contribution in [0.25, 0.3) is 0 Å². The maximum absolute atomic E-state index is 10.0. The first kappa shape index (κ1) is 13.3. The lowest BCUT2D eigenvalue weighted by Crippen LogP contribution is -2.10. The molecule has 1 aromatic rings. The third-order valence-corrected chi connectivity index (χ3v) is 3.03. The maximum Gasteiger partial charge on any atom is 0.161 e. The van der Waals surface area contributed by atoms with Gasteiger partial charge in [-0.1, -0.05) is 15.9 Å². The summed E-state index contributed by atoms with van der Waals surface area (Å²) in [4.78, 5) is -0.00991. The van der Waals surface area contributed by atoms with E-state index in [0.717, 1.165) is 11.1 Å². The molecule has 0 bridgehead atoms. The second-order valence-corrected chi connectivity index (χ2v) is 5.13. The second-order valence-electron chi connectivity index (χ2n) is 3.69. The summed E-state index contributed by atoms with van der Waals surface area (Å²) >= 11 is 3.37. The van der Waals surface area contributed by atoms with Gasteiger partial charge in [-0.3, -0.25) is 0 Å². The SMILES string of the molecule is COc1cc(C)c(C(O)C(C)Br)cc1OC. The maximum atomic E-state index is 10.0. The van der Waals surface area contributed by atoms with Crippen molar-refractivity contribution < 1.29 is 14.6 Å². The smallest absolute Gasteiger partial charge is 0.161 e. The van der Waals surface area contributed by atoms with Crippen LogP contribution in [0.15, 0.2) is 12.1 Å². The highest BCUT2D eigenvalue weighted by molar-refractivity contribution is 9.09. The Morgan fingerprint density at radius 3 is 2.12 bits per heavy atom. The van der Waals surface area contributed by atoms with Crippen molar-refractivity contribution in [3.63, 3.8) is 0 Å². The Morgan fingerprint density at radius 1 is 1.19 bits per heavy atom. The molecule has 0 radical (unpaired) electrons.